The standard InChI is InChI=1S/C45H76O6/c1-4-7-10-13-15-17-19-20-21-22-23-24-26-27-29-32-35-38-44(47)50-41-42(40-49-43(46)37-34-31-12-9-6-3)51-45(48)39-36-33-30-28-25-18-16-14-11-8-5-2/h7,10,15,17,20-21,23-24,27,29,42H,4-6,8-9,11-14,16,18-19,22,25-26,28,30-41H2,1-3H3/b10-7-,17-15-,21-20-,24-23-,29-27-. The van der Waals surface area contributed by atoms with Gasteiger partial charge in [0.1, 0.15) is 13.2 Å². The smallest absolute Gasteiger partial charge is 0.306 e. The average molecular weight is 713 g/mol. The van der Waals surface area contributed by atoms with Gasteiger partial charge in [0.15, 0.2) is 6.10 Å². The van der Waals surface area contributed by atoms with Gasteiger partial charge in [0.05, 0.1) is 0 Å². The van der Waals surface area contributed by atoms with E-state index in [1.165, 1.54) is 57.8 Å². The maximum Gasteiger partial charge on any atom is 0.306 e. The minimum atomic E-state index is -0.788. The van der Waals surface area contributed by atoms with Gasteiger partial charge in [-0.3, -0.25) is 14.4 Å². The lowest BCUT2D eigenvalue weighted by Gasteiger charge is -2.18. The summed E-state index contributed by atoms with van der Waals surface area (Å²) >= 11 is 0. The van der Waals surface area contributed by atoms with Crippen molar-refractivity contribution in [1.82, 2.24) is 0 Å². The molecule has 6 nitrogen and oxygen atoms in total. The predicted octanol–water partition coefficient (Wildman–Crippen LogP) is 13.0. The summed E-state index contributed by atoms with van der Waals surface area (Å²) in [5, 5.41) is 0. The molecular formula is C45H76O6. The second kappa shape index (κ2) is 39.9. The fraction of sp³-hybridized carbons (Fsp3) is 0.711. The molecule has 0 aliphatic carbocycles. The monoisotopic (exact) mass is 713 g/mol. The van der Waals surface area contributed by atoms with Gasteiger partial charge in [0.2, 0.25) is 0 Å². The molecule has 1 atom stereocenters. The van der Waals surface area contributed by atoms with E-state index in [1.807, 2.05) is 0 Å². The van der Waals surface area contributed by atoms with Gasteiger partial charge >= 0.3 is 17.9 Å². The van der Waals surface area contributed by atoms with Crippen molar-refractivity contribution in [1.29, 1.82) is 0 Å². The molecule has 51 heavy (non-hydrogen) atoms. The molecule has 0 heterocycles. The molecular weight excluding hydrogens is 636 g/mol. The number of hydrogen-bond donors (Lipinski definition) is 0. The van der Waals surface area contributed by atoms with Gasteiger partial charge in [-0.2, -0.15) is 0 Å². The van der Waals surface area contributed by atoms with E-state index in [0.29, 0.717) is 19.3 Å². The van der Waals surface area contributed by atoms with Gasteiger partial charge in [0, 0.05) is 19.3 Å². The first-order valence-electron chi connectivity index (χ1n) is 20.8. The minimum Gasteiger partial charge on any atom is -0.462 e. The Morgan fingerprint density at radius 3 is 1.20 bits per heavy atom. The SMILES string of the molecule is CC/C=C\C/C=C\C/C=C\C/C=C\C/C=C\CCCC(=O)OCC(COC(=O)CCCCCCC)OC(=O)CCCCCCCCCCCCC. The molecule has 0 spiro atoms. The Bertz CT molecular complexity index is 960. The van der Waals surface area contributed by atoms with Crippen molar-refractivity contribution in [2.45, 2.75) is 194 Å². The van der Waals surface area contributed by atoms with E-state index in [1.54, 1.807) is 0 Å². The zero-order valence-corrected chi connectivity index (χ0v) is 33.1. The van der Waals surface area contributed by atoms with Gasteiger partial charge in [-0.1, -0.05) is 171 Å². The van der Waals surface area contributed by atoms with E-state index in [4.69, 9.17) is 14.2 Å². The van der Waals surface area contributed by atoms with Crippen LogP contribution in [0.15, 0.2) is 60.8 Å². The Morgan fingerprint density at radius 1 is 0.412 bits per heavy atom. The van der Waals surface area contributed by atoms with Crippen molar-refractivity contribution in [3.8, 4) is 0 Å². The third-order valence-corrected chi connectivity index (χ3v) is 8.54. The highest BCUT2D eigenvalue weighted by molar-refractivity contribution is 5.71. The lowest BCUT2D eigenvalue weighted by molar-refractivity contribution is -0.167. The van der Waals surface area contributed by atoms with Crippen LogP contribution in [0.4, 0.5) is 0 Å². The Balaban J connectivity index is 4.36. The first-order chi connectivity index (χ1) is 25.0. The van der Waals surface area contributed by atoms with E-state index < -0.39 is 6.10 Å². The van der Waals surface area contributed by atoms with Crippen LogP contribution in [-0.2, 0) is 28.6 Å². The molecule has 0 bridgehead atoms. The van der Waals surface area contributed by atoms with Crippen LogP contribution in [-0.4, -0.2) is 37.2 Å². The molecule has 0 amide bonds. The number of esters is 3. The van der Waals surface area contributed by atoms with E-state index in [-0.39, 0.29) is 37.5 Å². The van der Waals surface area contributed by atoms with E-state index in [2.05, 4.69) is 81.5 Å². The normalized spacial score (nSPS) is 12.6. The van der Waals surface area contributed by atoms with Gasteiger partial charge in [-0.25, -0.2) is 0 Å². The van der Waals surface area contributed by atoms with E-state index in [9.17, 15) is 14.4 Å². The summed E-state index contributed by atoms with van der Waals surface area (Å²) in [5.74, 6) is -0.974. The lowest BCUT2D eigenvalue weighted by Crippen LogP contribution is -2.30. The summed E-state index contributed by atoms with van der Waals surface area (Å²) in [5.41, 5.74) is 0. The Morgan fingerprint density at radius 2 is 0.765 bits per heavy atom. The molecule has 0 aliphatic heterocycles. The van der Waals surface area contributed by atoms with Crippen LogP contribution in [0.3, 0.4) is 0 Å². The van der Waals surface area contributed by atoms with Crippen LogP contribution in [0.2, 0.25) is 0 Å². The zero-order chi connectivity index (χ0) is 37.3. The van der Waals surface area contributed by atoms with Crippen molar-refractivity contribution in [3.05, 3.63) is 60.8 Å². The van der Waals surface area contributed by atoms with Crippen LogP contribution in [0.25, 0.3) is 0 Å². The number of carbonyl (C=O) groups is 3. The Labute approximate surface area is 313 Å². The zero-order valence-electron chi connectivity index (χ0n) is 33.1. The number of allylic oxidation sites excluding steroid dienone is 10. The Kier molecular flexibility index (Phi) is 37.6. The van der Waals surface area contributed by atoms with Crippen LogP contribution < -0.4 is 0 Å². The molecule has 0 aromatic carbocycles. The summed E-state index contributed by atoms with van der Waals surface area (Å²) in [4.78, 5) is 37.3. The highest BCUT2D eigenvalue weighted by Gasteiger charge is 2.19. The summed E-state index contributed by atoms with van der Waals surface area (Å²) in [6.45, 7) is 6.35. The van der Waals surface area contributed by atoms with Gasteiger partial charge in [-0.05, 0) is 57.8 Å². The summed E-state index contributed by atoms with van der Waals surface area (Å²) in [7, 11) is 0. The molecule has 0 aliphatic rings. The molecule has 0 radical (unpaired) electrons. The third-order valence-electron chi connectivity index (χ3n) is 8.54. The molecule has 6 heteroatoms. The summed E-state index contributed by atoms with van der Waals surface area (Å²) in [6, 6.07) is 0. The topological polar surface area (TPSA) is 78.9 Å². The van der Waals surface area contributed by atoms with Crippen molar-refractivity contribution in [2.24, 2.45) is 0 Å². The van der Waals surface area contributed by atoms with Crippen molar-refractivity contribution < 1.29 is 28.6 Å². The second-order valence-electron chi connectivity index (χ2n) is 13.5. The number of rotatable bonds is 36. The molecule has 0 saturated heterocycles. The number of ether oxygens (including phenoxy) is 3. The molecule has 0 rings (SSSR count). The van der Waals surface area contributed by atoms with Crippen LogP contribution in [0.1, 0.15) is 188 Å². The highest BCUT2D eigenvalue weighted by atomic mass is 16.6. The minimum absolute atomic E-state index is 0.0922. The van der Waals surface area contributed by atoms with E-state index >= 15 is 0 Å². The van der Waals surface area contributed by atoms with Crippen LogP contribution in [0, 0.1) is 0 Å². The number of hydrogen-bond acceptors (Lipinski definition) is 6. The van der Waals surface area contributed by atoms with Crippen molar-refractivity contribution >= 4 is 17.9 Å². The molecule has 0 N–H and O–H groups in total. The van der Waals surface area contributed by atoms with Crippen LogP contribution in [0.5, 0.6) is 0 Å². The summed E-state index contributed by atoms with van der Waals surface area (Å²) < 4.78 is 16.5. The lowest BCUT2D eigenvalue weighted by atomic mass is 10.1. The fourth-order valence-corrected chi connectivity index (χ4v) is 5.42. The maximum absolute atomic E-state index is 12.6. The highest BCUT2D eigenvalue weighted by Crippen LogP contribution is 2.13. The first kappa shape index (κ1) is 48.1. The van der Waals surface area contributed by atoms with E-state index in [0.717, 1.165) is 83.5 Å². The molecule has 292 valence electrons. The molecule has 1 unspecified atom stereocenters. The predicted molar refractivity (Wildman–Crippen MR) is 215 cm³/mol. The molecule has 0 aromatic heterocycles. The average Bonchev–Trinajstić information content (AvgIpc) is 3.12. The first-order valence-corrected chi connectivity index (χ1v) is 20.8. The fourth-order valence-electron chi connectivity index (χ4n) is 5.42. The van der Waals surface area contributed by atoms with Gasteiger partial charge in [-0.15, -0.1) is 0 Å². The Hall–Kier alpha value is -2.89. The van der Waals surface area contributed by atoms with Crippen molar-refractivity contribution in [2.75, 3.05) is 13.2 Å². The largest absolute Gasteiger partial charge is 0.462 e. The van der Waals surface area contributed by atoms with Gasteiger partial charge in [0.25, 0.3) is 0 Å². The molecule has 0 saturated carbocycles. The number of unbranched alkanes of at least 4 members (excludes halogenated alkanes) is 15. The van der Waals surface area contributed by atoms with Gasteiger partial charge < -0.3 is 14.2 Å². The second-order valence-corrected chi connectivity index (χ2v) is 13.5. The summed E-state index contributed by atoms with van der Waals surface area (Å²) in [6.07, 6.45) is 46.7. The van der Waals surface area contributed by atoms with Crippen LogP contribution >= 0.6 is 0 Å². The molecule has 0 aromatic rings. The van der Waals surface area contributed by atoms with Crippen molar-refractivity contribution in [3.63, 3.8) is 0 Å². The number of carbonyl (C=O) groups excluding carboxylic acids is 3. The third kappa shape index (κ3) is 38.2. The quantitative estimate of drug-likeness (QED) is 0.0278. The molecule has 0 fully saturated rings. The maximum atomic E-state index is 12.6.